The van der Waals surface area contributed by atoms with Gasteiger partial charge < -0.3 is 14.8 Å². The van der Waals surface area contributed by atoms with E-state index in [9.17, 15) is 18.0 Å². The molecule has 32 heavy (non-hydrogen) atoms. The van der Waals surface area contributed by atoms with Crippen LogP contribution >= 0.6 is 11.3 Å². The molecule has 3 rings (SSSR count). The number of carbonyl (C=O) groups is 2. The molecule has 1 amide bonds. The highest BCUT2D eigenvalue weighted by atomic mass is 32.2. The number of para-hydroxylation sites is 1. The van der Waals surface area contributed by atoms with E-state index >= 15 is 0 Å². The Labute approximate surface area is 191 Å². The van der Waals surface area contributed by atoms with Gasteiger partial charge in [-0.3, -0.25) is 4.79 Å². The highest BCUT2D eigenvalue weighted by Gasteiger charge is 2.31. The van der Waals surface area contributed by atoms with Gasteiger partial charge >= 0.3 is 5.97 Å². The van der Waals surface area contributed by atoms with Crippen LogP contribution in [0.25, 0.3) is 0 Å². The van der Waals surface area contributed by atoms with Gasteiger partial charge in [0.15, 0.2) is 12.3 Å². The molecule has 1 aromatic heterocycles. The Kier molecular flexibility index (Phi) is 8.35. The molecule has 0 atom stereocenters. The van der Waals surface area contributed by atoms with E-state index in [4.69, 9.17) is 9.47 Å². The second-order valence-corrected chi connectivity index (χ2v) is 10.4. The van der Waals surface area contributed by atoms with Crippen LogP contribution in [-0.4, -0.2) is 56.4 Å². The summed E-state index contributed by atoms with van der Waals surface area (Å²) in [5, 5.41) is 4.69. The fraction of sp³-hybridized carbons (Fsp3) is 0.476. The molecule has 2 aromatic rings. The average molecular weight is 482 g/mol. The number of thiazole rings is 1. The fourth-order valence-corrected chi connectivity index (χ4v) is 5.87. The third-order valence-corrected chi connectivity index (χ3v) is 8.06. The highest BCUT2D eigenvalue weighted by Crippen LogP contribution is 2.29. The number of ether oxygens (including phenoxy) is 2. The van der Waals surface area contributed by atoms with Gasteiger partial charge in [-0.1, -0.05) is 31.4 Å². The van der Waals surface area contributed by atoms with Crippen molar-refractivity contribution >= 4 is 38.9 Å². The number of nitrogens with zero attached hydrogens (tertiary/aromatic N) is 2. The zero-order chi connectivity index (χ0) is 23.1. The number of rotatable bonds is 9. The second kappa shape index (κ2) is 11.0. The molecule has 0 spiro atoms. The standard InChI is InChI=1S/C21H27N3O6S2/c1-24(15-8-4-3-5-9-15)32(27,28)18-11-7-6-10-16(18)22-19(25)12-30-21(26)17-14-31-20(23-17)13-29-2/h6-7,10-11,14-15H,3-5,8-9,12-13H2,1-2H3,(H,22,25). The van der Waals surface area contributed by atoms with Crippen molar-refractivity contribution in [3.05, 3.63) is 40.3 Å². The van der Waals surface area contributed by atoms with Crippen molar-refractivity contribution in [1.82, 2.24) is 9.29 Å². The van der Waals surface area contributed by atoms with Crippen molar-refractivity contribution in [2.24, 2.45) is 0 Å². The number of aromatic nitrogens is 1. The van der Waals surface area contributed by atoms with Crippen LogP contribution in [0.1, 0.15) is 47.6 Å². The number of esters is 1. The van der Waals surface area contributed by atoms with Crippen molar-refractivity contribution in [2.45, 2.75) is 49.6 Å². The number of carbonyl (C=O) groups excluding carboxylic acids is 2. The highest BCUT2D eigenvalue weighted by molar-refractivity contribution is 7.89. The number of benzene rings is 1. The Bertz CT molecular complexity index is 1050. The topological polar surface area (TPSA) is 115 Å². The van der Waals surface area contributed by atoms with Crippen molar-refractivity contribution < 1.29 is 27.5 Å². The van der Waals surface area contributed by atoms with Crippen LogP contribution in [0.4, 0.5) is 5.69 Å². The molecule has 0 radical (unpaired) electrons. The van der Waals surface area contributed by atoms with E-state index in [1.807, 2.05) is 0 Å². The largest absolute Gasteiger partial charge is 0.451 e. The monoisotopic (exact) mass is 481 g/mol. The summed E-state index contributed by atoms with van der Waals surface area (Å²) in [5.41, 5.74) is 0.235. The van der Waals surface area contributed by atoms with E-state index in [2.05, 4.69) is 10.3 Å². The lowest BCUT2D eigenvalue weighted by molar-refractivity contribution is -0.119. The average Bonchev–Trinajstić information content (AvgIpc) is 3.27. The molecule has 1 aliphatic carbocycles. The van der Waals surface area contributed by atoms with E-state index in [1.54, 1.807) is 19.2 Å². The molecule has 9 nitrogen and oxygen atoms in total. The first-order valence-corrected chi connectivity index (χ1v) is 12.6. The Balaban J connectivity index is 1.64. The molecule has 11 heteroatoms. The van der Waals surface area contributed by atoms with Crippen LogP contribution in [0, 0.1) is 0 Å². The van der Waals surface area contributed by atoms with E-state index < -0.39 is 28.5 Å². The van der Waals surface area contributed by atoms with E-state index in [-0.39, 0.29) is 28.9 Å². The lowest BCUT2D eigenvalue weighted by Gasteiger charge is -2.30. The zero-order valence-corrected chi connectivity index (χ0v) is 19.7. The third-order valence-electron chi connectivity index (χ3n) is 5.27. The molecule has 0 saturated heterocycles. The SMILES string of the molecule is COCc1nc(C(=O)OCC(=O)Nc2ccccc2S(=O)(=O)N(C)C2CCCCC2)cs1. The maximum absolute atomic E-state index is 13.2. The molecule has 1 fully saturated rings. The van der Waals surface area contributed by atoms with Crippen LogP contribution in [0.15, 0.2) is 34.5 Å². The summed E-state index contributed by atoms with van der Waals surface area (Å²) in [4.78, 5) is 28.6. The number of hydrogen-bond donors (Lipinski definition) is 1. The predicted octanol–water partition coefficient (Wildman–Crippen LogP) is 3.04. The molecule has 0 unspecified atom stereocenters. The lowest BCUT2D eigenvalue weighted by atomic mass is 9.96. The molecular weight excluding hydrogens is 454 g/mol. The van der Waals surface area contributed by atoms with Gasteiger partial charge in [0.1, 0.15) is 9.90 Å². The summed E-state index contributed by atoms with van der Waals surface area (Å²) in [5.74, 6) is -1.38. The molecule has 174 valence electrons. The van der Waals surface area contributed by atoms with Gasteiger partial charge in [0.25, 0.3) is 5.91 Å². The first-order valence-electron chi connectivity index (χ1n) is 10.3. The van der Waals surface area contributed by atoms with Crippen molar-refractivity contribution in [1.29, 1.82) is 0 Å². The number of anilines is 1. The molecule has 1 saturated carbocycles. The lowest BCUT2D eigenvalue weighted by Crippen LogP contribution is -2.38. The second-order valence-electron chi connectivity index (χ2n) is 7.49. The van der Waals surface area contributed by atoms with Crippen molar-refractivity contribution in [3.63, 3.8) is 0 Å². The van der Waals surface area contributed by atoms with E-state index in [0.717, 1.165) is 32.1 Å². The summed E-state index contributed by atoms with van der Waals surface area (Å²) in [6, 6.07) is 6.16. The van der Waals surface area contributed by atoms with Crippen LogP contribution < -0.4 is 5.32 Å². The first-order chi connectivity index (χ1) is 15.3. The summed E-state index contributed by atoms with van der Waals surface area (Å²) in [6.45, 7) is -0.290. The van der Waals surface area contributed by atoms with Gasteiger partial charge in [-0.05, 0) is 25.0 Å². The number of nitrogens with one attached hydrogen (secondary N) is 1. The van der Waals surface area contributed by atoms with Gasteiger partial charge in [-0.2, -0.15) is 4.31 Å². The molecule has 1 aromatic carbocycles. The molecular formula is C21H27N3O6S2. The number of hydrogen-bond acceptors (Lipinski definition) is 8. The van der Waals surface area contributed by atoms with Crippen LogP contribution in [0.2, 0.25) is 0 Å². The Morgan fingerprint density at radius 2 is 1.94 bits per heavy atom. The quantitative estimate of drug-likeness (QED) is 0.548. The molecule has 1 heterocycles. The van der Waals surface area contributed by atoms with Gasteiger partial charge in [0.2, 0.25) is 10.0 Å². The van der Waals surface area contributed by atoms with Gasteiger partial charge in [0, 0.05) is 25.6 Å². The fourth-order valence-electron chi connectivity index (χ4n) is 3.58. The third kappa shape index (κ3) is 5.91. The molecule has 1 N–H and O–H groups in total. The number of sulfonamides is 1. The zero-order valence-electron chi connectivity index (χ0n) is 18.1. The number of amides is 1. The summed E-state index contributed by atoms with van der Waals surface area (Å²) < 4.78 is 37.8. The van der Waals surface area contributed by atoms with E-state index in [0.29, 0.717) is 5.01 Å². The Morgan fingerprint density at radius 1 is 1.22 bits per heavy atom. The van der Waals surface area contributed by atoms with Crippen molar-refractivity contribution in [2.75, 3.05) is 26.1 Å². The summed E-state index contributed by atoms with van der Waals surface area (Å²) in [7, 11) is -0.698. The van der Waals surface area contributed by atoms with Gasteiger partial charge in [-0.25, -0.2) is 18.2 Å². The summed E-state index contributed by atoms with van der Waals surface area (Å²) >= 11 is 1.25. The van der Waals surface area contributed by atoms with Crippen LogP contribution in [0.5, 0.6) is 0 Å². The maximum atomic E-state index is 13.2. The first kappa shape index (κ1) is 24.3. The van der Waals surface area contributed by atoms with Gasteiger partial charge in [0.05, 0.1) is 12.3 Å². The van der Waals surface area contributed by atoms with Crippen LogP contribution in [0.3, 0.4) is 0 Å². The minimum atomic E-state index is -3.80. The normalized spacial score (nSPS) is 15.0. The predicted molar refractivity (Wildman–Crippen MR) is 120 cm³/mol. The Morgan fingerprint density at radius 3 is 2.66 bits per heavy atom. The van der Waals surface area contributed by atoms with Gasteiger partial charge in [-0.15, -0.1) is 11.3 Å². The Hall–Kier alpha value is -2.34. The molecule has 0 aliphatic heterocycles. The molecule has 0 bridgehead atoms. The van der Waals surface area contributed by atoms with Crippen molar-refractivity contribution in [3.8, 4) is 0 Å². The van der Waals surface area contributed by atoms with Crippen LogP contribution in [-0.2, 0) is 30.9 Å². The summed E-state index contributed by atoms with van der Waals surface area (Å²) in [6.07, 6.45) is 4.76. The minimum absolute atomic E-state index is 0.0106. The molecule has 1 aliphatic rings. The smallest absolute Gasteiger partial charge is 0.358 e. The maximum Gasteiger partial charge on any atom is 0.358 e. The van der Waals surface area contributed by atoms with E-state index in [1.165, 1.54) is 40.3 Å². The minimum Gasteiger partial charge on any atom is -0.451 e. The number of methoxy groups -OCH3 is 1.